The molecular formula is C12H11F2N3O2S. The molecule has 0 saturated carbocycles. The Balaban J connectivity index is 2.43. The lowest BCUT2D eigenvalue weighted by molar-refractivity contribution is 0.553. The van der Waals surface area contributed by atoms with E-state index in [2.05, 4.69) is 9.71 Å². The number of nitrogen functional groups attached to an aromatic ring is 1. The van der Waals surface area contributed by atoms with Crippen molar-refractivity contribution in [1.82, 2.24) is 4.98 Å². The van der Waals surface area contributed by atoms with E-state index in [1.807, 2.05) is 0 Å². The summed E-state index contributed by atoms with van der Waals surface area (Å²) in [4.78, 5) is 3.19. The molecule has 0 aliphatic rings. The van der Waals surface area contributed by atoms with Crippen molar-refractivity contribution in [1.29, 1.82) is 0 Å². The molecule has 3 N–H and O–H groups in total. The van der Waals surface area contributed by atoms with Gasteiger partial charge in [-0.25, -0.2) is 17.2 Å². The molecule has 0 aliphatic carbocycles. The second-order valence-electron chi connectivity index (χ2n) is 4.10. The van der Waals surface area contributed by atoms with Crippen LogP contribution >= 0.6 is 0 Å². The highest BCUT2D eigenvalue weighted by Gasteiger charge is 2.21. The van der Waals surface area contributed by atoms with Crippen LogP contribution < -0.4 is 10.5 Å². The van der Waals surface area contributed by atoms with Crippen LogP contribution in [0.5, 0.6) is 0 Å². The van der Waals surface area contributed by atoms with Crippen molar-refractivity contribution in [3.63, 3.8) is 0 Å². The smallest absolute Gasteiger partial charge is 0.264 e. The van der Waals surface area contributed by atoms with Crippen molar-refractivity contribution in [2.24, 2.45) is 0 Å². The number of halogens is 2. The van der Waals surface area contributed by atoms with Crippen molar-refractivity contribution < 1.29 is 17.2 Å². The molecule has 0 aliphatic heterocycles. The maximum atomic E-state index is 13.6. The maximum absolute atomic E-state index is 13.6. The van der Waals surface area contributed by atoms with E-state index in [-0.39, 0.29) is 5.69 Å². The van der Waals surface area contributed by atoms with E-state index in [9.17, 15) is 17.2 Å². The standard InChI is InChI=1S/C12H11F2N3O2S/c1-7-4-8(2-3-16-7)17-20(18,19)12-6-11(15)9(13)5-10(12)14/h2-6H,15H2,1H3,(H,16,17). The number of aryl methyl sites for hydroxylation is 1. The molecule has 0 atom stereocenters. The third kappa shape index (κ3) is 2.85. The van der Waals surface area contributed by atoms with Gasteiger partial charge in [0.1, 0.15) is 16.5 Å². The third-order valence-electron chi connectivity index (χ3n) is 2.49. The lowest BCUT2D eigenvalue weighted by Crippen LogP contribution is -2.15. The minimum atomic E-state index is -4.20. The first kappa shape index (κ1) is 14.2. The lowest BCUT2D eigenvalue weighted by Gasteiger charge is -2.10. The van der Waals surface area contributed by atoms with Gasteiger partial charge in [-0.3, -0.25) is 9.71 Å². The van der Waals surface area contributed by atoms with E-state index < -0.39 is 32.2 Å². The normalized spacial score (nSPS) is 11.3. The maximum Gasteiger partial charge on any atom is 0.264 e. The fourth-order valence-electron chi connectivity index (χ4n) is 1.57. The number of nitrogens with one attached hydrogen (secondary N) is 1. The van der Waals surface area contributed by atoms with Gasteiger partial charge < -0.3 is 5.73 Å². The van der Waals surface area contributed by atoms with E-state index in [0.29, 0.717) is 11.8 Å². The molecule has 0 amide bonds. The molecule has 20 heavy (non-hydrogen) atoms. The molecule has 0 unspecified atom stereocenters. The summed E-state index contributed by atoms with van der Waals surface area (Å²) in [5, 5.41) is 0. The van der Waals surface area contributed by atoms with E-state index >= 15 is 0 Å². The summed E-state index contributed by atoms with van der Waals surface area (Å²) in [6.07, 6.45) is 1.41. The Kier molecular flexibility index (Phi) is 3.58. The zero-order valence-electron chi connectivity index (χ0n) is 10.4. The lowest BCUT2D eigenvalue weighted by atomic mass is 10.3. The van der Waals surface area contributed by atoms with Crippen LogP contribution in [0.2, 0.25) is 0 Å². The SMILES string of the molecule is Cc1cc(NS(=O)(=O)c2cc(N)c(F)cc2F)ccn1. The Morgan fingerprint density at radius 1 is 1.20 bits per heavy atom. The number of rotatable bonds is 3. The highest BCUT2D eigenvalue weighted by atomic mass is 32.2. The number of aromatic nitrogens is 1. The van der Waals surface area contributed by atoms with Gasteiger partial charge in [-0.1, -0.05) is 0 Å². The van der Waals surface area contributed by atoms with Crippen LogP contribution in [0.4, 0.5) is 20.2 Å². The average Bonchev–Trinajstić information content (AvgIpc) is 2.33. The van der Waals surface area contributed by atoms with Crippen LogP contribution in [-0.4, -0.2) is 13.4 Å². The zero-order chi connectivity index (χ0) is 14.9. The number of nitrogens with two attached hydrogens (primary N) is 1. The molecule has 1 aromatic heterocycles. The number of hydrogen-bond donors (Lipinski definition) is 2. The molecule has 106 valence electrons. The average molecular weight is 299 g/mol. The molecule has 1 aromatic carbocycles. The van der Waals surface area contributed by atoms with Crippen LogP contribution in [0.15, 0.2) is 35.4 Å². The first-order chi connectivity index (χ1) is 9.29. The largest absolute Gasteiger partial charge is 0.396 e. The topological polar surface area (TPSA) is 85.1 Å². The summed E-state index contributed by atoms with van der Waals surface area (Å²) in [7, 11) is -4.20. The van der Waals surface area contributed by atoms with Gasteiger partial charge in [0, 0.05) is 18.0 Å². The zero-order valence-corrected chi connectivity index (χ0v) is 11.2. The van der Waals surface area contributed by atoms with Gasteiger partial charge in [0.2, 0.25) is 0 Å². The summed E-state index contributed by atoms with van der Waals surface area (Å²) in [5.74, 6) is -2.23. The van der Waals surface area contributed by atoms with Crippen LogP contribution in [0.25, 0.3) is 0 Å². The summed E-state index contributed by atoms with van der Waals surface area (Å²) in [5.41, 5.74) is 5.62. The predicted molar refractivity (Wildman–Crippen MR) is 70.6 cm³/mol. The molecular weight excluding hydrogens is 288 g/mol. The van der Waals surface area contributed by atoms with Crippen LogP contribution in [0.1, 0.15) is 5.69 Å². The molecule has 2 rings (SSSR count). The molecule has 0 bridgehead atoms. The van der Waals surface area contributed by atoms with Crippen molar-refractivity contribution in [2.75, 3.05) is 10.5 Å². The summed E-state index contributed by atoms with van der Waals surface area (Å²) in [6, 6.07) is 4.06. The second-order valence-corrected chi connectivity index (χ2v) is 5.75. The van der Waals surface area contributed by atoms with E-state index in [1.54, 1.807) is 6.92 Å². The van der Waals surface area contributed by atoms with Gasteiger partial charge in [-0.05, 0) is 25.1 Å². The fourth-order valence-corrected chi connectivity index (χ4v) is 2.71. The minimum Gasteiger partial charge on any atom is -0.396 e. The Morgan fingerprint density at radius 3 is 2.55 bits per heavy atom. The van der Waals surface area contributed by atoms with E-state index in [1.165, 1.54) is 18.3 Å². The van der Waals surface area contributed by atoms with Gasteiger partial charge in [0.25, 0.3) is 10.0 Å². The van der Waals surface area contributed by atoms with E-state index in [4.69, 9.17) is 5.73 Å². The van der Waals surface area contributed by atoms with Crippen molar-refractivity contribution in [3.05, 3.63) is 47.8 Å². The van der Waals surface area contributed by atoms with Crippen LogP contribution in [-0.2, 0) is 10.0 Å². The molecule has 0 fully saturated rings. The first-order valence-corrected chi connectivity index (χ1v) is 6.98. The van der Waals surface area contributed by atoms with Crippen molar-refractivity contribution >= 4 is 21.4 Å². The molecule has 1 heterocycles. The molecule has 2 aromatic rings. The molecule has 8 heteroatoms. The Morgan fingerprint density at radius 2 is 1.90 bits per heavy atom. The number of nitrogens with zero attached hydrogens (tertiary/aromatic N) is 1. The molecule has 0 spiro atoms. The van der Waals surface area contributed by atoms with Crippen molar-refractivity contribution in [2.45, 2.75) is 11.8 Å². The van der Waals surface area contributed by atoms with Gasteiger partial charge in [-0.15, -0.1) is 0 Å². The summed E-state index contributed by atoms with van der Waals surface area (Å²) >= 11 is 0. The quantitative estimate of drug-likeness (QED) is 0.849. The van der Waals surface area contributed by atoms with Gasteiger partial charge in [0.05, 0.1) is 11.4 Å². The number of benzene rings is 1. The number of pyridine rings is 1. The number of sulfonamides is 1. The summed E-state index contributed by atoms with van der Waals surface area (Å²) in [6.45, 7) is 1.67. The number of anilines is 2. The van der Waals surface area contributed by atoms with Crippen LogP contribution in [0, 0.1) is 18.6 Å². The van der Waals surface area contributed by atoms with Crippen LogP contribution in [0.3, 0.4) is 0 Å². The number of hydrogen-bond acceptors (Lipinski definition) is 4. The van der Waals surface area contributed by atoms with Gasteiger partial charge in [0.15, 0.2) is 0 Å². The van der Waals surface area contributed by atoms with Crippen molar-refractivity contribution in [3.8, 4) is 0 Å². The highest BCUT2D eigenvalue weighted by Crippen LogP contribution is 2.23. The highest BCUT2D eigenvalue weighted by molar-refractivity contribution is 7.92. The molecule has 0 saturated heterocycles. The predicted octanol–water partition coefficient (Wildman–Crippen LogP) is 2.05. The third-order valence-corrected chi connectivity index (χ3v) is 3.89. The Labute approximate surface area is 114 Å². The Bertz CT molecular complexity index is 763. The molecule has 5 nitrogen and oxygen atoms in total. The van der Waals surface area contributed by atoms with Gasteiger partial charge >= 0.3 is 0 Å². The van der Waals surface area contributed by atoms with E-state index in [0.717, 1.165) is 6.07 Å². The second kappa shape index (κ2) is 5.04. The Hall–Kier alpha value is -2.22. The monoisotopic (exact) mass is 299 g/mol. The fraction of sp³-hybridized carbons (Fsp3) is 0.0833. The first-order valence-electron chi connectivity index (χ1n) is 5.49. The minimum absolute atomic E-state index is 0.222. The molecule has 0 radical (unpaired) electrons. The van der Waals surface area contributed by atoms with Gasteiger partial charge in [-0.2, -0.15) is 0 Å². The summed E-state index contributed by atoms with van der Waals surface area (Å²) < 4.78 is 52.9.